The first-order chi connectivity index (χ1) is 11.0. The van der Waals surface area contributed by atoms with Crippen molar-refractivity contribution in [3.8, 4) is 11.5 Å². The van der Waals surface area contributed by atoms with Crippen LogP contribution < -0.4 is 14.8 Å². The largest absolute Gasteiger partial charge is 0.493 e. The van der Waals surface area contributed by atoms with Crippen LogP contribution in [-0.4, -0.2) is 25.9 Å². The van der Waals surface area contributed by atoms with Gasteiger partial charge in [-0.1, -0.05) is 17.7 Å². The Morgan fingerprint density at radius 2 is 1.87 bits per heavy atom. The number of benzene rings is 2. The van der Waals surface area contributed by atoms with E-state index in [1.165, 1.54) is 11.8 Å². The molecule has 0 spiro atoms. The topological polar surface area (TPSA) is 47.6 Å². The van der Waals surface area contributed by atoms with E-state index in [-0.39, 0.29) is 5.91 Å². The van der Waals surface area contributed by atoms with Crippen LogP contribution in [0.15, 0.2) is 41.3 Å². The van der Waals surface area contributed by atoms with Gasteiger partial charge in [-0.3, -0.25) is 4.79 Å². The zero-order valence-electron chi connectivity index (χ0n) is 13.2. The average molecular weight is 352 g/mol. The van der Waals surface area contributed by atoms with Crippen LogP contribution in [0.4, 0.5) is 5.69 Å². The molecule has 0 bridgehead atoms. The SMILES string of the molecule is COc1ccc(SCC(=O)Nc2ccc(C)c(Cl)c2)cc1OC. The summed E-state index contributed by atoms with van der Waals surface area (Å²) < 4.78 is 10.4. The van der Waals surface area contributed by atoms with Crippen molar-refractivity contribution in [1.82, 2.24) is 0 Å². The van der Waals surface area contributed by atoms with Gasteiger partial charge < -0.3 is 14.8 Å². The lowest BCUT2D eigenvalue weighted by Gasteiger charge is -2.10. The minimum absolute atomic E-state index is 0.0929. The predicted octanol–water partition coefficient (Wildman–Crippen LogP) is 4.40. The lowest BCUT2D eigenvalue weighted by atomic mass is 10.2. The third-order valence-corrected chi connectivity index (χ3v) is 4.58. The molecule has 122 valence electrons. The highest BCUT2D eigenvalue weighted by atomic mass is 35.5. The molecular weight excluding hydrogens is 334 g/mol. The Kier molecular flexibility index (Phi) is 6.19. The average Bonchev–Trinajstić information content (AvgIpc) is 2.56. The Bertz CT molecular complexity index is 706. The summed E-state index contributed by atoms with van der Waals surface area (Å²) >= 11 is 7.47. The maximum Gasteiger partial charge on any atom is 0.234 e. The second-order valence-corrected chi connectivity index (χ2v) is 6.27. The van der Waals surface area contributed by atoms with Gasteiger partial charge in [0.2, 0.25) is 5.91 Å². The number of halogens is 1. The van der Waals surface area contributed by atoms with Gasteiger partial charge in [0.25, 0.3) is 0 Å². The monoisotopic (exact) mass is 351 g/mol. The molecule has 2 rings (SSSR count). The van der Waals surface area contributed by atoms with Gasteiger partial charge in [0.05, 0.1) is 20.0 Å². The van der Waals surface area contributed by atoms with Crippen LogP contribution in [0.25, 0.3) is 0 Å². The van der Waals surface area contributed by atoms with Crippen LogP contribution in [-0.2, 0) is 4.79 Å². The van der Waals surface area contributed by atoms with Crippen molar-refractivity contribution in [2.75, 3.05) is 25.3 Å². The Morgan fingerprint density at radius 3 is 2.52 bits per heavy atom. The van der Waals surface area contributed by atoms with Gasteiger partial charge in [-0.15, -0.1) is 11.8 Å². The number of rotatable bonds is 6. The van der Waals surface area contributed by atoms with Crippen molar-refractivity contribution in [2.24, 2.45) is 0 Å². The summed E-state index contributed by atoms with van der Waals surface area (Å²) in [6, 6.07) is 11.0. The second kappa shape index (κ2) is 8.13. The van der Waals surface area contributed by atoms with Crippen molar-refractivity contribution >= 4 is 35.0 Å². The number of anilines is 1. The molecule has 0 heterocycles. The Labute approximate surface area is 145 Å². The number of carbonyl (C=O) groups excluding carboxylic acids is 1. The smallest absolute Gasteiger partial charge is 0.234 e. The van der Waals surface area contributed by atoms with E-state index in [1.807, 2.05) is 37.3 Å². The number of carbonyl (C=O) groups is 1. The molecule has 0 fully saturated rings. The zero-order valence-corrected chi connectivity index (χ0v) is 14.8. The molecule has 2 aromatic carbocycles. The van der Waals surface area contributed by atoms with Crippen LogP contribution in [0.5, 0.6) is 11.5 Å². The van der Waals surface area contributed by atoms with E-state index in [4.69, 9.17) is 21.1 Å². The standard InChI is InChI=1S/C17H18ClNO3S/c1-11-4-5-12(8-14(11)18)19-17(20)10-23-13-6-7-15(21-2)16(9-13)22-3/h4-9H,10H2,1-3H3,(H,19,20). The Balaban J connectivity index is 1.95. The van der Waals surface area contributed by atoms with Gasteiger partial charge in [-0.2, -0.15) is 0 Å². The molecule has 0 saturated carbocycles. The fourth-order valence-corrected chi connectivity index (χ4v) is 2.83. The number of methoxy groups -OCH3 is 2. The summed E-state index contributed by atoms with van der Waals surface area (Å²) in [7, 11) is 3.17. The first-order valence-electron chi connectivity index (χ1n) is 6.94. The van der Waals surface area contributed by atoms with Crippen LogP contribution >= 0.6 is 23.4 Å². The van der Waals surface area contributed by atoms with E-state index in [2.05, 4.69) is 5.32 Å². The van der Waals surface area contributed by atoms with E-state index < -0.39 is 0 Å². The van der Waals surface area contributed by atoms with Crippen molar-refractivity contribution in [3.63, 3.8) is 0 Å². The number of hydrogen-bond acceptors (Lipinski definition) is 4. The third-order valence-electron chi connectivity index (χ3n) is 3.18. The molecule has 0 saturated heterocycles. The van der Waals surface area contributed by atoms with E-state index in [9.17, 15) is 4.79 Å². The zero-order chi connectivity index (χ0) is 16.8. The summed E-state index contributed by atoms with van der Waals surface area (Å²) in [5, 5.41) is 3.47. The number of amides is 1. The van der Waals surface area contributed by atoms with Crippen LogP contribution in [0.3, 0.4) is 0 Å². The fourth-order valence-electron chi connectivity index (χ4n) is 1.92. The molecule has 1 amide bonds. The van der Waals surface area contributed by atoms with Gasteiger partial charge >= 0.3 is 0 Å². The summed E-state index contributed by atoms with van der Waals surface area (Å²) in [5.41, 5.74) is 1.67. The number of nitrogens with one attached hydrogen (secondary N) is 1. The lowest BCUT2D eigenvalue weighted by molar-refractivity contribution is -0.113. The number of aryl methyl sites for hydroxylation is 1. The highest BCUT2D eigenvalue weighted by Crippen LogP contribution is 2.31. The van der Waals surface area contributed by atoms with E-state index in [0.717, 1.165) is 10.5 Å². The lowest BCUT2D eigenvalue weighted by Crippen LogP contribution is -2.13. The summed E-state index contributed by atoms with van der Waals surface area (Å²) in [6.07, 6.45) is 0. The molecule has 0 unspecified atom stereocenters. The van der Waals surface area contributed by atoms with Gasteiger partial charge in [0, 0.05) is 15.6 Å². The predicted molar refractivity (Wildman–Crippen MR) is 95.1 cm³/mol. The fraction of sp³-hybridized carbons (Fsp3) is 0.235. The van der Waals surface area contributed by atoms with Crippen LogP contribution in [0, 0.1) is 6.92 Å². The molecule has 4 nitrogen and oxygen atoms in total. The van der Waals surface area contributed by atoms with Gasteiger partial charge in [-0.05, 0) is 42.8 Å². The van der Waals surface area contributed by atoms with Crippen molar-refractivity contribution < 1.29 is 14.3 Å². The Hall–Kier alpha value is -1.85. The van der Waals surface area contributed by atoms with Crippen molar-refractivity contribution in [3.05, 3.63) is 47.0 Å². The molecule has 0 aromatic heterocycles. The molecular formula is C17H18ClNO3S. The van der Waals surface area contributed by atoms with E-state index in [1.54, 1.807) is 20.3 Å². The molecule has 0 aliphatic rings. The van der Waals surface area contributed by atoms with E-state index >= 15 is 0 Å². The summed E-state index contributed by atoms with van der Waals surface area (Å²) in [6.45, 7) is 1.92. The number of ether oxygens (including phenoxy) is 2. The molecule has 0 atom stereocenters. The van der Waals surface area contributed by atoms with Crippen molar-refractivity contribution in [2.45, 2.75) is 11.8 Å². The quantitative estimate of drug-likeness (QED) is 0.784. The Morgan fingerprint density at radius 1 is 1.13 bits per heavy atom. The summed E-state index contributed by atoms with van der Waals surface area (Å²) in [4.78, 5) is 13.0. The number of thioether (sulfide) groups is 1. The maximum absolute atomic E-state index is 12.0. The number of hydrogen-bond donors (Lipinski definition) is 1. The van der Waals surface area contributed by atoms with Crippen LogP contribution in [0.1, 0.15) is 5.56 Å². The molecule has 1 N–H and O–H groups in total. The van der Waals surface area contributed by atoms with Gasteiger partial charge in [0.1, 0.15) is 0 Å². The molecule has 0 aliphatic carbocycles. The first kappa shape index (κ1) is 17.5. The van der Waals surface area contributed by atoms with Gasteiger partial charge in [0.15, 0.2) is 11.5 Å². The van der Waals surface area contributed by atoms with Crippen LogP contribution in [0.2, 0.25) is 5.02 Å². The maximum atomic E-state index is 12.0. The minimum atomic E-state index is -0.0929. The normalized spacial score (nSPS) is 10.3. The summed E-state index contributed by atoms with van der Waals surface area (Å²) in [5.74, 6) is 1.50. The minimum Gasteiger partial charge on any atom is -0.493 e. The molecule has 23 heavy (non-hydrogen) atoms. The third kappa shape index (κ3) is 4.81. The highest BCUT2D eigenvalue weighted by Gasteiger charge is 2.08. The van der Waals surface area contributed by atoms with Crippen molar-refractivity contribution in [1.29, 1.82) is 0 Å². The molecule has 0 aliphatic heterocycles. The highest BCUT2D eigenvalue weighted by molar-refractivity contribution is 8.00. The first-order valence-corrected chi connectivity index (χ1v) is 8.30. The molecule has 0 radical (unpaired) electrons. The van der Waals surface area contributed by atoms with E-state index in [0.29, 0.717) is 28.0 Å². The molecule has 6 heteroatoms. The second-order valence-electron chi connectivity index (χ2n) is 4.82. The van der Waals surface area contributed by atoms with Gasteiger partial charge in [-0.25, -0.2) is 0 Å². The molecule has 2 aromatic rings.